The zero-order valence-corrected chi connectivity index (χ0v) is 61.1. The molecule has 6 heteroatoms. The number of hydrogen-bond acceptors (Lipinski definition) is 3. The Morgan fingerprint density at radius 1 is 0.311 bits per heavy atom. The van der Waals surface area contributed by atoms with Crippen molar-refractivity contribution in [3.8, 4) is 55.9 Å². The van der Waals surface area contributed by atoms with Crippen molar-refractivity contribution in [2.45, 2.75) is 131 Å². The molecule has 5 nitrogen and oxygen atoms in total. The van der Waals surface area contributed by atoms with Crippen LogP contribution in [0.25, 0.3) is 99.5 Å². The summed E-state index contributed by atoms with van der Waals surface area (Å²) in [5.74, 6) is 0. The second-order valence-corrected chi connectivity index (χ2v) is 32.9. The summed E-state index contributed by atoms with van der Waals surface area (Å²) in [6.07, 6.45) is 0. The van der Waals surface area contributed by atoms with Crippen LogP contribution >= 0.6 is 0 Å². The average Bonchev–Trinajstić information content (AvgIpc) is 1.64. The largest absolute Gasteiger partial charge is 0.310 e. The minimum atomic E-state index is -0.778. The Hall–Kier alpha value is -10.9. The summed E-state index contributed by atoms with van der Waals surface area (Å²) in [5, 5.41) is -0.285. The monoisotopic (exact) mass is 1350 g/mol. The van der Waals surface area contributed by atoms with Crippen molar-refractivity contribution >= 4 is 101 Å². The molecule has 506 valence electrons. The summed E-state index contributed by atoms with van der Waals surface area (Å²) in [4.78, 5) is 10.5. The molecule has 0 radical (unpaired) electrons. The Morgan fingerprint density at radius 2 is 0.650 bits per heavy atom. The van der Waals surface area contributed by atoms with Crippen molar-refractivity contribution in [2.75, 3.05) is 9.80 Å². The zero-order chi connectivity index (χ0) is 85.3. The van der Waals surface area contributed by atoms with Crippen LogP contribution in [0.2, 0.25) is 0 Å². The van der Waals surface area contributed by atoms with E-state index in [9.17, 15) is 16.4 Å². The number of nitrogens with zero attached hydrogens (tertiary/aromatic N) is 5. The highest BCUT2D eigenvalue weighted by Gasteiger charge is 2.47. The standard InChI is InChI=1S/C97H90BN5/c1-93(2,3)64-53-74(61-33-19-16-20-34-61)90(75(54-64)62-35-21-17-22-36-62)102-84-59-67(100-80-43-29-25-39-69(80)70-40-26-30-44-81(70)100)47-50-78(84)98-79-51-48-68(101-82-45-31-27-41-71(82)72-42-28-32-46-83(72)101)60-85(79)103(87-58-66(95(7,8)9)57-86(102)89(87)98)91-76(63-37-23-18-24-38-63)55-65(94(4,5)6)56-77(91)73-49-52-88(96(10,11)12)99-92(73)97(13,14)15/h16-60H,1-15H3/i25D,26D,27D,28D,29D,30D,31D,32D,39D,40D,41D,42D,43D,44D,45D,46D. The van der Waals surface area contributed by atoms with E-state index in [0.717, 1.165) is 112 Å². The first-order chi connectivity index (χ1) is 55.9. The second kappa shape index (κ2) is 23.8. The van der Waals surface area contributed by atoms with Gasteiger partial charge >= 0.3 is 0 Å². The number of pyridine rings is 1. The fourth-order valence-corrected chi connectivity index (χ4v) is 15.5. The summed E-state index contributed by atoms with van der Waals surface area (Å²) in [7, 11) is 0. The molecule has 3 aromatic heterocycles. The maximum atomic E-state index is 9.94. The molecule has 0 saturated heterocycles. The lowest BCUT2D eigenvalue weighted by Crippen LogP contribution is -2.61. The number of rotatable bonds is 8. The maximum absolute atomic E-state index is 9.94. The summed E-state index contributed by atoms with van der Waals surface area (Å²) in [5.41, 5.74) is 16.2. The van der Waals surface area contributed by atoms with Gasteiger partial charge in [0.15, 0.2) is 0 Å². The average molecular weight is 1350 g/mol. The number of hydrogen-bond donors (Lipinski definition) is 0. The van der Waals surface area contributed by atoms with Gasteiger partial charge in [-0.15, -0.1) is 0 Å². The van der Waals surface area contributed by atoms with E-state index in [2.05, 4.69) is 199 Å². The van der Waals surface area contributed by atoms with E-state index >= 15 is 0 Å². The van der Waals surface area contributed by atoms with Crippen molar-refractivity contribution in [3.63, 3.8) is 0 Å². The van der Waals surface area contributed by atoms with Crippen molar-refractivity contribution in [1.82, 2.24) is 14.1 Å². The number of anilines is 6. The number of aromatic nitrogens is 3. The molecule has 0 saturated carbocycles. The number of fused-ring (bicyclic) bond motifs is 10. The molecular formula is C97H90BN5. The zero-order valence-electron chi connectivity index (χ0n) is 77.1. The first kappa shape index (κ1) is 49.6. The fraction of sp³-hybridized carbons (Fsp3) is 0.206. The molecular weight excluding hydrogens is 1250 g/mol. The lowest BCUT2D eigenvalue weighted by Gasteiger charge is -2.47. The van der Waals surface area contributed by atoms with E-state index in [1.54, 1.807) is 9.13 Å². The van der Waals surface area contributed by atoms with Crippen LogP contribution in [0, 0.1) is 0 Å². The van der Waals surface area contributed by atoms with Gasteiger partial charge in [-0.3, -0.25) is 4.98 Å². The van der Waals surface area contributed by atoms with Gasteiger partial charge in [0.25, 0.3) is 6.71 Å². The van der Waals surface area contributed by atoms with E-state index < -0.39 is 125 Å². The molecule has 103 heavy (non-hydrogen) atoms. The van der Waals surface area contributed by atoms with E-state index in [-0.39, 0.29) is 49.0 Å². The molecule has 12 aromatic carbocycles. The summed E-state index contributed by atoms with van der Waals surface area (Å²) in [6, 6.07) is 52.7. The van der Waals surface area contributed by atoms with Gasteiger partial charge in [-0.2, -0.15) is 0 Å². The molecule has 0 bridgehead atoms. The molecule has 15 aromatic rings. The van der Waals surface area contributed by atoms with Crippen LogP contribution in [0.5, 0.6) is 0 Å². The quantitative estimate of drug-likeness (QED) is 0.142. The minimum Gasteiger partial charge on any atom is -0.310 e. The second-order valence-electron chi connectivity index (χ2n) is 32.9. The van der Waals surface area contributed by atoms with Gasteiger partial charge in [0, 0.05) is 100 Å². The Bertz CT molecular complexity index is 6690. The van der Waals surface area contributed by atoms with Crippen LogP contribution < -0.4 is 26.2 Å². The SMILES string of the molecule is [2H]c1c([2H])c([2H])c2c(c1[2H])c1c([2H])c([2H])c([2H])c([2H])c1n2-c1ccc2c(c1)N(c1c(-c3ccccc3)cc(C(C)(C)C)cc1-c1ccccc1)c1cc(C(C)(C)C)cc3c1B2c1ccc(-n2c4c([2H])c([2H])c([2H])c([2H])c4c4c([2H])c([2H])c([2H])c([2H])c42)cc1N3c1c(-c2ccccc2)cc(C(C)(C)C)cc1-c1ccc(C(C)(C)C)nc1C(C)(C)C. The molecule has 0 aliphatic carbocycles. The molecule has 2 aliphatic heterocycles. The molecule has 0 N–H and O–H groups in total. The van der Waals surface area contributed by atoms with Gasteiger partial charge in [0.05, 0.1) is 61.1 Å². The molecule has 0 fully saturated rings. The number of para-hydroxylation sites is 4. The third-order valence-electron chi connectivity index (χ3n) is 20.8. The van der Waals surface area contributed by atoms with Crippen LogP contribution in [0.15, 0.2) is 273 Å². The van der Waals surface area contributed by atoms with Crippen LogP contribution in [0.1, 0.15) is 154 Å². The highest BCUT2D eigenvalue weighted by Crippen LogP contribution is 2.56. The molecule has 0 unspecified atom stereocenters. The van der Waals surface area contributed by atoms with Crippen LogP contribution in [-0.2, 0) is 27.1 Å². The van der Waals surface area contributed by atoms with Crippen molar-refractivity contribution in [2.24, 2.45) is 0 Å². The Labute approximate surface area is 631 Å². The molecule has 2 aliphatic rings. The van der Waals surface area contributed by atoms with Crippen molar-refractivity contribution in [3.05, 3.63) is 301 Å². The van der Waals surface area contributed by atoms with Gasteiger partial charge in [0.1, 0.15) is 0 Å². The highest BCUT2D eigenvalue weighted by molar-refractivity contribution is 7.00. The molecule has 17 rings (SSSR count). The number of benzene rings is 12. The minimum absolute atomic E-state index is 0.0474. The van der Waals surface area contributed by atoms with Gasteiger partial charge < -0.3 is 18.9 Å². The predicted molar refractivity (Wildman–Crippen MR) is 442 cm³/mol. The van der Waals surface area contributed by atoms with E-state index in [0.29, 0.717) is 22.7 Å². The summed E-state index contributed by atoms with van der Waals surface area (Å²) >= 11 is 0. The van der Waals surface area contributed by atoms with Gasteiger partial charge in [-0.05, 0) is 157 Å². The van der Waals surface area contributed by atoms with Crippen LogP contribution in [-0.4, -0.2) is 20.8 Å². The summed E-state index contributed by atoms with van der Waals surface area (Å²) in [6.45, 7) is 32.2. The normalized spacial score (nSPS) is 15.5. The van der Waals surface area contributed by atoms with Gasteiger partial charge in [0.2, 0.25) is 0 Å². The third-order valence-corrected chi connectivity index (χ3v) is 20.8. The van der Waals surface area contributed by atoms with E-state index in [1.165, 1.54) is 0 Å². The van der Waals surface area contributed by atoms with Gasteiger partial charge in [-0.1, -0.05) is 286 Å². The van der Waals surface area contributed by atoms with Crippen LogP contribution in [0.4, 0.5) is 34.1 Å². The van der Waals surface area contributed by atoms with Crippen LogP contribution in [0.3, 0.4) is 0 Å². The fourth-order valence-electron chi connectivity index (χ4n) is 15.5. The highest BCUT2D eigenvalue weighted by atomic mass is 15.2. The third kappa shape index (κ3) is 10.8. The lowest BCUT2D eigenvalue weighted by atomic mass is 9.33. The topological polar surface area (TPSA) is 29.2 Å². The van der Waals surface area contributed by atoms with Crippen molar-refractivity contribution < 1.29 is 21.9 Å². The maximum Gasteiger partial charge on any atom is 0.252 e. The van der Waals surface area contributed by atoms with Gasteiger partial charge in [-0.25, -0.2) is 0 Å². The van der Waals surface area contributed by atoms with Crippen molar-refractivity contribution in [1.29, 1.82) is 0 Å². The first-order valence-electron chi connectivity index (χ1n) is 43.6. The summed E-state index contributed by atoms with van der Waals surface area (Å²) < 4.78 is 155. The molecule has 5 heterocycles. The molecule has 0 spiro atoms. The smallest absolute Gasteiger partial charge is 0.252 e. The molecule has 0 atom stereocenters. The Kier molecular flexibility index (Phi) is 11.5. The lowest BCUT2D eigenvalue weighted by molar-refractivity contribution is 0.532. The molecule has 0 amide bonds. The Balaban J connectivity index is 1.13. The predicted octanol–water partition coefficient (Wildman–Crippen LogP) is 24.5. The van der Waals surface area contributed by atoms with E-state index in [1.807, 2.05) is 91.0 Å². The Morgan fingerprint density at radius 3 is 1.00 bits per heavy atom. The van der Waals surface area contributed by atoms with E-state index in [4.69, 9.17) is 10.5 Å². The first-order valence-corrected chi connectivity index (χ1v) is 35.6.